The smallest absolute Gasteiger partial charge is 0.00426 e. The maximum atomic E-state index is 4.58. The first-order chi connectivity index (χ1) is 5.65. The minimum absolute atomic E-state index is 0.647. The van der Waals surface area contributed by atoms with Gasteiger partial charge in [0.1, 0.15) is 0 Å². The van der Waals surface area contributed by atoms with Crippen LogP contribution in [0.15, 0.2) is 0 Å². The highest BCUT2D eigenvalue weighted by atomic mass is 32.1. The lowest BCUT2D eigenvalue weighted by molar-refractivity contribution is 0.236. The Labute approximate surface area is 87.3 Å². The summed E-state index contributed by atoms with van der Waals surface area (Å²) in [6.07, 6.45) is 4.02. The van der Waals surface area contributed by atoms with Crippen LogP contribution in [0.5, 0.6) is 0 Å². The van der Waals surface area contributed by atoms with Crippen LogP contribution in [0.4, 0.5) is 0 Å². The van der Waals surface area contributed by atoms with Gasteiger partial charge in [-0.25, -0.2) is 0 Å². The van der Waals surface area contributed by atoms with Crippen molar-refractivity contribution in [3.8, 4) is 0 Å². The van der Waals surface area contributed by atoms with Gasteiger partial charge in [0, 0.05) is 5.25 Å². The van der Waals surface area contributed by atoms with Crippen molar-refractivity contribution >= 4 is 25.3 Å². The minimum atomic E-state index is 0.647. The molecule has 12 heavy (non-hydrogen) atoms. The van der Waals surface area contributed by atoms with Gasteiger partial charge in [0.15, 0.2) is 0 Å². The fourth-order valence-electron chi connectivity index (χ4n) is 2.09. The molecule has 0 bridgehead atoms. The van der Waals surface area contributed by atoms with Crippen molar-refractivity contribution in [2.45, 2.75) is 38.4 Å². The first-order valence-corrected chi connectivity index (χ1v) is 6.09. The molecule has 0 aromatic rings. The van der Waals surface area contributed by atoms with E-state index in [4.69, 9.17) is 0 Å². The quantitative estimate of drug-likeness (QED) is 0.634. The number of hydrogen-bond donors (Lipinski definition) is 2. The predicted octanol–water partition coefficient (Wildman–Crippen LogP) is 3.29. The summed E-state index contributed by atoms with van der Waals surface area (Å²) in [7, 11) is 0. The number of rotatable bonds is 2. The van der Waals surface area contributed by atoms with Gasteiger partial charge in [-0.3, -0.25) is 0 Å². The van der Waals surface area contributed by atoms with Crippen LogP contribution in [0.1, 0.15) is 33.1 Å². The summed E-state index contributed by atoms with van der Waals surface area (Å²) in [5.74, 6) is 3.53. The first kappa shape index (κ1) is 10.8. The molecule has 1 fully saturated rings. The molecule has 0 radical (unpaired) electrons. The van der Waals surface area contributed by atoms with Gasteiger partial charge < -0.3 is 0 Å². The molecule has 1 aliphatic rings. The molecular weight excluding hydrogens is 184 g/mol. The normalized spacial score (nSPS) is 39.5. The van der Waals surface area contributed by atoms with E-state index in [1.807, 2.05) is 0 Å². The molecule has 0 heterocycles. The molecule has 1 aliphatic carbocycles. The van der Waals surface area contributed by atoms with Crippen LogP contribution < -0.4 is 0 Å². The molecule has 0 aromatic heterocycles. The van der Waals surface area contributed by atoms with Crippen LogP contribution in [-0.4, -0.2) is 11.0 Å². The van der Waals surface area contributed by atoms with Gasteiger partial charge in [-0.05, 0) is 42.8 Å². The SMILES string of the molecule is CC1CC(C(C)CS)CCC1S. The summed E-state index contributed by atoms with van der Waals surface area (Å²) in [5.41, 5.74) is 0. The number of hydrogen-bond acceptors (Lipinski definition) is 2. The molecule has 0 N–H and O–H groups in total. The average molecular weight is 204 g/mol. The van der Waals surface area contributed by atoms with Crippen LogP contribution in [0.3, 0.4) is 0 Å². The molecule has 0 aliphatic heterocycles. The molecule has 0 aromatic carbocycles. The van der Waals surface area contributed by atoms with E-state index in [1.54, 1.807) is 0 Å². The summed E-state index contributed by atoms with van der Waals surface area (Å²) in [4.78, 5) is 0. The second-order valence-corrected chi connectivity index (χ2v) is 5.31. The van der Waals surface area contributed by atoms with E-state index < -0.39 is 0 Å². The van der Waals surface area contributed by atoms with Crippen LogP contribution in [-0.2, 0) is 0 Å². The highest BCUT2D eigenvalue weighted by Crippen LogP contribution is 2.36. The fourth-order valence-corrected chi connectivity index (χ4v) is 2.66. The van der Waals surface area contributed by atoms with Crippen LogP contribution in [0.2, 0.25) is 0 Å². The zero-order chi connectivity index (χ0) is 9.14. The van der Waals surface area contributed by atoms with Crippen LogP contribution in [0.25, 0.3) is 0 Å². The standard InChI is InChI=1S/C10H20S2/c1-7-5-9(8(2)6-11)3-4-10(7)12/h7-12H,3-6H2,1-2H3. The van der Waals surface area contributed by atoms with Gasteiger partial charge in [-0.15, -0.1) is 0 Å². The van der Waals surface area contributed by atoms with Crippen molar-refractivity contribution < 1.29 is 0 Å². The zero-order valence-electron chi connectivity index (χ0n) is 8.03. The maximum Gasteiger partial charge on any atom is 0.00426 e. The van der Waals surface area contributed by atoms with E-state index in [-0.39, 0.29) is 0 Å². The molecule has 72 valence electrons. The Morgan fingerprint density at radius 2 is 2.08 bits per heavy atom. The van der Waals surface area contributed by atoms with Gasteiger partial charge in [-0.1, -0.05) is 13.8 Å². The molecule has 0 spiro atoms. The van der Waals surface area contributed by atoms with Gasteiger partial charge in [0.25, 0.3) is 0 Å². The van der Waals surface area contributed by atoms with Crippen molar-refractivity contribution in [1.82, 2.24) is 0 Å². The van der Waals surface area contributed by atoms with E-state index in [0.29, 0.717) is 5.25 Å². The van der Waals surface area contributed by atoms with E-state index in [2.05, 4.69) is 39.1 Å². The Kier molecular flexibility index (Phi) is 4.31. The van der Waals surface area contributed by atoms with E-state index in [1.165, 1.54) is 19.3 Å². The van der Waals surface area contributed by atoms with E-state index >= 15 is 0 Å². The summed E-state index contributed by atoms with van der Waals surface area (Å²) in [6.45, 7) is 4.65. The van der Waals surface area contributed by atoms with E-state index in [0.717, 1.165) is 23.5 Å². The molecule has 1 rings (SSSR count). The predicted molar refractivity (Wildman–Crippen MR) is 62.3 cm³/mol. The van der Waals surface area contributed by atoms with Crippen molar-refractivity contribution in [3.05, 3.63) is 0 Å². The second-order valence-electron chi connectivity index (χ2n) is 4.28. The Morgan fingerprint density at radius 3 is 2.58 bits per heavy atom. The highest BCUT2D eigenvalue weighted by Gasteiger charge is 2.27. The van der Waals surface area contributed by atoms with Gasteiger partial charge >= 0.3 is 0 Å². The molecule has 0 amide bonds. The highest BCUT2D eigenvalue weighted by molar-refractivity contribution is 7.81. The first-order valence-electron chi connectivity index (χ1n) is 4.94. The molecule has 2 heteroatoms. The topological polar surface area (TPSA) is 0 Å². The summed E-state index contributed by atoms with van der Waals surface area (Å²) in [5, 5.41) is 0.647. The lowest BCUT2D eigenvalue weighted by Gasteiger charge is -2.34. The van der Waals surface area contributed by atoms with Crippen molar-refractivity contribution in [2.24, 2.45) is 17.8 Å². The van der Waals surface area contributed by atoms with Crippen molar-refractivity contribution in [2.75, 3.05) is 5.75 Å². The fraction of sp³-hybridized carbons (Fsp3) is 1.00. The second kappa shape index (κ2) is 4.80. The van der Waals surface area contributed by atoms with E-state index in [9.17, 15) is 0 Å². The average Bonchev–Trinajstić information content (AvgIpc) is 2.08. The molecule has 4 unspecified atom stereocenters. The van der Waals surface area contributed by atoms with Crippen LogP contribution in [0, 0.1) is 17.8 Å². The Bertz CT molecular complexity index is 136. The molecule has 0 saturated heterocycles. The van der Waals surface area contributed by atoms with Crippen molar-refractivity contribution in [3.63, 3.8) is 0 Å². The summed E-state index contributed by atoms with van der Waals surface area (Å²) >= 11 is 8.93. The molecule has 0 nitrogen and oxygen atoms in total. The molecular formula is C10H20S2. The largest absolute Gasteiger partial charge is 0.179 e. The minimum Gasteiger partial charge on any atom is -0.179 e. The van der Waals surface area contributed by atoms with Gasteiger partial charge in [-0.2, -0.15) is 25.3 Å². The molecule has 4 atom stereocenters. The Morgan fingerprint density at radius 1 is 1.42 bits per heavy atom. The Balaban J connectivity index is 2.39. The third kappa shape index (κ3) is 2.59. The van der Waals surface area contributed by atoms with Crippen molar-refractivity contribution in [1.29, 1.82) is 0 Å². The number of thiol groups is 2. The monoisotopic (exact) mass is 204 g/mol. The zero-order valence-corrected chi connectivity index (χ0v) is 9.82. The maximum absolute atomic E-state index is 4.58. The third-order valence-corrected chi connectivity index (χ3v) is 4.60. The third-order valence-electron chi connectivity index (χ3n) is 3.26. The lowest BCUT2D eigenvalue weighted by atomic mass is 9.76. The summed E-state index contributed by atoms with van der Waals surface area (Å²) < 4.78 is 0. The van der Waals surface area contributed by atoms with Crippen LogP contribution >= 0.6 is 25.3 Å². The molecule has 1 saturated carbocycles. The van der Waals surface area contributed by atoms with Gasteiger partial charge in [0.2, 0.25) is 0 Å². The summed E-state index contributed by atoms with van der Waals surface area (Å²) in [6, 6.07) is 0. The van der Waals surface area contributed by atoms with Gasteiger partial charge in [0.05, 0.1) is 0 Å². The lowest BCUT2D eigenvalue weighted by Crippen LogP contribution is -2.27. The Hall–Kier alpha value is 0.700.